The number of β-amino-alcohol motifs (C(OH)–C–C–N with tert-alkyl or cyclic N) is 1. The summed E-state index contributed by atoms with van der Waals surface area (Å²) in [6.07, 6.45) is 0.616. The first-order chi connectivity index (χ1) is 12.3. The van der Waals surface area contributed by atoms with Gasteiger partial charge in [-0.25, -0.2) is 0 Å². The van der Waals surface area contributed by atoms with Crippen LogP contribution in [0, 0.1) is 0 Å². The Hall–Kier alpha value is -0.990. The van der Waals surface area contributed by atoms with Crippen molar-refractivity contribution in [3.8, 4) is 0 Å². The molecule has 2 aromatic carbocycles. The van der Waals surface area contributed by atoms with Crippen molar-refractivity contribution < 1.29 is 5.11 Å². The number of guanidine groups is 1. The van der Waals surface area contributed by atoms with Gasteiger partial charge in [0.15, 0.2) is 5.96 Å². The molecule has 1 aliphatic heterocycles. The summed E-state index contributed by atoms with van der Waals surface area (Å²) >= 11 is 1.92. The number of benzene rings is 2. The lowest BCUT2D eigenvalue weighted by Gasteiger charge is -2.20. The summed E-state index contributed by atoms with van der Waals surface area (Å²) in [6.45, 7) is 5.31. The van der Waals surface area contributed by atoms with Gasteiger partial charge in [0.25, 0.3) is 0 Å². The van der Waals surface area contributed by atoms with Crippen LogP contribution < -0.4 is 5.32 Å². The van der Waals surface area contributed by atoms with Gasteiger partial charge in [-0.15, -0.1) is 24.0 Å². The SMILES string of the molecule is CCNC(=NCCSCc1cccc2ccccc12)N1CC[C@@H](O)C1.I. The highest BCUT2D eigenvalue weighted by atomic mass is 127. The van der Waals surface area contributed by atoms with Gasteiger partial charge in [-0.1, -0.05) is 42.5 Å². The van der Waals surface area contributed by atoms with Crippen LogP contribution in [0.3, 0.4) is 0 Å². The number of nitrogens with one attached hydrogen (secondary N) is 1. The van der Waals surface area contributed by atoms with Crippen LogP contribution in [0.2, 0.25) is 0 Å². The van der Waals surface area contributed by atoms with Crippen LogP contribution in [0.1, 0.15) is 18.9 Å². The maximum absolute atomic E-state index is 9.71. The maximum atomic E-state index is 9.71. The van der Waals surface area contributed by atoms with Crippen molar-refractivity contribution in [2.24, 2.45) is 4.99 Å². The lowest BCUT2D eigenvalue weighted by Crippen LogP contribution is -2.40. The molecular weight excluding hydrogens is 457 g/mol. The zero-order valence-electron chi connectivity index (χ0n) is 15.2. The summed E-state index contributed by atoms with van der Waals surface area (Å²) in [5, 5.41) is 15.7. The lowest BCUT2D eigenvalue weighted by molar-refractivity contribution is 0.188. The van der Waals surface area contributed by atoms with E-state index in [0.29, 0.717) is 6.54 Å². The Morgan fingerprint density at radius 1 is 1.27 bits per heavy atom. The van der Waals surface area contributed by atoms with Gasteiger partial charge in [-0.05, 0) is 29.7 Å². The summed E-state index contributed by atoms with van der Waals surface area (Å²) in [6, 6.07) is 15.1. The summed E-state index contributed by atoms with van der Waals surface area (Å²) in [5.41, 5.74) is 1.39. The van der Waals surface area contributed by atoms with E-state index in [2.05, 4.69) is 59.6 Å². The molecule has 0 aliphatic carbocycles. The molecule has 26 heavy (non-hydrogen) atoms. The first-order valence-electron chi connectivity index (χ1n) is 9.03. The Labute approximate surface area is 177 Å². The van der Waals surface area contributed by atoms with E-state index in [9.17, 15) is 5.11 Å². The van der Waals surface area contributed by atoms with E-state index in [4.69, 9.17) is 4.99 Å². The Morgan fingerprint density at radius 3 is 2.85 bits per heavy atom. The predicted molar refractivity (Wildman–Crippen MR) is 124 cm³/mol. The van der Waals surface area contributed by atoms with Crippen LogP contribution in [0.15, 0.2) is 47.5 Å². The molecule has 142 valence electrons. The molecule has 0 aromatic heterocycles. The molecule has 1 fully saturated rings. The molecule has 3 rings (SSSR count). The highest BCUT2D eigenvalue weighted by Gasteiger charge is 2.22. The first-order valence-corrected chi connectivity index (χ1v) is 10.2. The number of thioether (sulfide) groups is 1. The van der Waals surface area contributed by atoms with Gasteiger partial charge >= 0.3 is 0 Å². The normalized spacial score (nSPS) is 17.4. The highest BCUT2D eigenvalue weighted by molar-refractivity contribution is 14.0. The fourth-order valence-corrected chi connectivity index (χ4v) is 4.01. The monoisotopic (exact) mass is 485 g/mol. The molecule has 1 aliphatic rings. The number of likely N-dealkylation sites (tertiary alicyclic amines) is 1. The molecule has 4 nitrogen and oxygen atoms in total. The minimum absolute atomic E-state index is 0. The zero-order chi connectivity index (χ0) is 17.5. The van der Waals surface area contributed by atoms with Gasteiger partial charge in [-0.3, -0.25) is 4.99 Å². The molecule has 0 bridgehead atoms. The summed E-state index contributed by atoms with van der Waals surface area (Å²) in [7, 11) is 0. The van der Waals surface area contributed by atoms with Crippen molar-refractivity contribution >= 4 is 52.5 Å². The van der Waals surface area contributed by atoms with Gasteiger partial charge in [0, 0.05) is 31.1 Å². The number of halogens is 1. The molecule has 1 heterocycles. The van der Waals surface area contributed by atoms with E-state index in [0.717, 1.165) is 43.5 Å². The van der Waals surface area contributed by atoms with Gasteiger partial charge < -0.3 is 15.3 Å². The number of rotatable bonds is 6. The van der Waals surface area contributed by atoms with Gasteiger partial charge in [-0.2, -0.15) is 11.8 Å². The molecule has 2 N–H and O–H groups in total. The molecule has 1 atom stereocenters. The number of aliphatic hydroxyl groups is 1. The Bertz CT molecular complexity index is 720. The largest absolute Gasteiger partial charge is 0.391 e. The van der Waals surface area contributed by atoms with E-state index in [1.165, 1.54) is 16.3 Å². The average Bonchev–Trinajstić information content (AvgIpc) is 3.07. The van der Waals surface area contributed by atoms with E-state index in [-0.39, 0.29) is 30.1 Å². The highest BCUT2D eigenvalue weighted by Crippen LogP contribution is 2.22. The smallest absolute Gasteiger partial charge is 0.194 e. The second-order valence-corrected chi connectivity index (χ2v) is 7.42. The predicted octanol–water partition coefficient (Wildman–Crippen LogP) is 3.72. The van der Waals surface area contributed by atoms with Crippen molar-refractivity contribution in [3.05, 3.63) is 48.0 Å². The van der Waals surface area contributed by atoms with Crippen LogP contribution in [-0.2, 0) is 5.75 Å². The minimum atomic E-state index is -0.218. The van der Waals surface area contributed by atoms with Crippen molar-refractivity contribution in [2.75, 3.05) is 31.9 Å². The van der Waals surface area contributed by atoms with Crippen LogP contribution in [-0.4, -0.2) is 54.0 Å². The van der Waals surface area contributed by atoms with Crippen LogP contribution in [0.5, 0.6) is 0 Å². The molecule has 1 saturated heterocycles. The number of nitrogens with zero attached hydrogens (tertiary/aromatic N) is 2. The van der Waals surface area contributed by atoms with E-state index in [1.807, 2.05) is 11.8 Å². The summed E-state index contributed by atoms with van der Waals surface area (Å²) in [4.78, 5) is 6.88. The van der Waals surface area contributed by atoms with Crippen molar-refractivity contribution in [1.82, 2.24) is 10.2 Å². The van der Waals surface area contributed by atoms with E-state index >= 15 is 0 Å². The summed E-state index contributed by atoms with van der Waals surface area (Å²) in [5.74, 6) is 2.94. The second-order valence-electron chi connectivity index (χ2n) is 6.32. The topological polar surface area (TPSA) is 47.9 Å². The van der Waals surface area contributed by atoms with Crippen LogP contribution in [0.25, 0.3) is 10.8 Å². The molecular formula is C20H28IN3OS. The number of aliphatic hydroxyl groups excluding tert-OH is 1. The number of fused-ring (bicyclic) bond motifs is 1. The molecule has 0 radical (unpaired) electrons. The van der Waals surface area contributed by atoms with Crippen molar-refractivity contribution in [1.29, 1.82) is 0 Å². The van der Waals surface area contributed by atoms with Crippen molar-refractivity contribution in [2.45, 2.75) is 25.2 Å². The quantitative estimate of drug-likeness (QED) is 0.284. The number of hydrogen-bond donors (Lipinski definition) is 2. The zero-order valence-corrected chi connectivity index (χ0v) is 18.4. The Balaban J connectivity index is 0.00000243. The molecule has 0 amide bonds. The standard InChI is InChI=1S/C20H27N3OS.HI/c1-2-21-20(23-12-10-18(24)14-23)22-11-13-25-15-17-8-5-7-16-6-3-4-9-19(16)17;/h3-9,18,24H,2,10-15H2,1H3,(H,21,22);1H/t18-;/m1./s1. The first kappa shape index (κ1) is 21.3. The molecule has 0 saturated carbocycles. The number of aliphatic imine (C=N–C) groups is 1. The molecule has 0 spiro atoms. The third-order valence-corrected chi connectivity index (χ3v) is 5.42. The van der Waals surface area contributed by atoms with Crippen LogP contribution >= 0.6 is 35.7 Å². The Morgan fingerprint density at radius 2 is 2.08 bits per heavy atom. The molecule has 2 aromatic rings. The van der Waals surface area contributed by atoms with Gasteiger partial charge in [0.1, 0.15) is 0 Å². The van der Waals surface area contributed by atoms with Crippen LogP contribution in [0.4, 0.5) is 0 Å². The van der Waals surface area contributed by atoms with E-state index in [1.54, 1.807) is 0 Å². The van der Waals surface area contributed by atoms with Gasteiger partial charge in [0.2, 0.25) is 0 Å². The minimum Gasteiger partial charge on any atom is -0.391 e. The van der Waals surface area contributed by atoms with Gasteiger partial charge in [0.05, 0.1) is 12.6 Å². The second kappa shape index (κ2) is 11.0. The maximum Gasteiger partial charge on any atom is 0.194 e. The van der Waals surface area contributed by atoms with Crippen molar-refractivity contribution in [3.63, 3.8) is 0 Å². The third kappa shape index (κ3) is 5.76. The fourth-order valence-electron chi connectivity index (χ4n) is 3.18. The molecule has 6 heteroatoms. The Kier molecular flexibility index (Phi) is 9.01. The third-order valence-electron chi connectivity index (χ3n) is 4.43. The average molecular weight is 485 g/mol. The number of hydrogen-bond acceptors (Lipinski definition) is 3. The summed E-state index contributed by atoms with van der Waals surface area (Å²) < 4.78 is 0. The fraction of sp³-hybridized carbons (Fsp3) is 0.450. The lowest BCUT2D eigenvalue weighted by atomic mass is 10.1. The van der Waals surface area contributed by atoms with E-state index < -0.39 is 0 Å². The molecule has 0 unspecified atom stereocenters.